The second-order valence-electron chi connectivity index (χ2n) is 7.24. The molecule has 0 aliphatic carbocycles. The van der Waals surface area contributed by atoms with Gasteiger partial charge in [0.25, 0.3) is 0 Å². The van der Waals surface area contributed by atoms with Crippen molar-refractivity contribution in [2.75, 3.05) is 44.7 Å². The predicted octanol–water partition coefficient (Wildman–Crippen LogP) is 1.46. The molecule has 2 N–H and O–H groups in total. The Morgan fingerprint density at radius 2 is 1.81 bits per heavy atom. The van der Waals surface area contributed by atoms with Gasteiger partial charge < -0.3 is 15.5 Å². The summed E-state index contributed by atoms with van der Waals surface area (Å²) in [5, 5.41) is 5.38. The molecule has 3 rings (SSSR count). The number of hydrogen-bond donors (Lipinski definition) is 2. The van der Waals surface area contributed by atoms with Gasteiger partial charge in [0.1, 0.15) is 0 Å². The molecule has 2 aliphatic rings. The zero-order chi connectivity index (χ0) is 18.5. The highest BCUT2D eigenvalue weighted by Crippen LogP contribution is 2.31. The van der Waals surface area contributed by atoms with Crippen molar-refractivity contribution in [1.29, 1.82) is 0 Å². The molecule has 1 atom stereocenters. The standard InChI is InChI=1S/C20H30N4O2/c1-3-21-19(25)20(26)22-14-18(24-11-4-5-12-24)16-8-9-17-15(13-16)7-6-10-23(17)2/h8-9,13,18H,3-7,10-12,14H2,1-2H3,(H,21,25)(H,22,26)/t18-/m1/s1. The molecule has 6 nitrogen and oxygen atoms in total. The molecule has 0 spiro atoms. The molecule has 2 heterocycles. The highest BCUT2D eigenvalue weighted by molar-refractivity contribution is 6.35. The number of benzene rings is 1. The van der Waals surface area contributed by atoms with E-state index >= 15 is 0 Å². The first-order chi connectivity index (χ1) is 12.6. The number of likely N-dealkylation sites (tertiary alicyclic amines) is 1. The molecule has 0 saturated carbocycles. The number of rotatable bonds is 5. The summed E-state index contributed by atoms with van der Waals surface area (Å²) in [6, 6.07) is 6.81. The van der Waals surface area contributed by atoms with Crippen LogP contribution in [0.3, 0.4) is 0 Å². The summed E-state index contributed by atoms with van der Waals surface area (Å²) < 4.78 is 0. The van der Waals surface area contributed by atoms with Gasteiger partial charge in [-0.1, -0.05) is 12.1 Å². The van der Waals surface area contributed by atoms with E-state index in [1.807, 2.05) is 6.92 Å². The molecule has 2 amide bonds. The van der Waals surface area contributed by atoms with Crippen LogP contribution in [0.4, 0.5) is 5.69 Å². The minimum absolute atomic E-state index is 0.119. The number of aryl methyl sites for hydroxylation is 1. The number of amides is 2. The Bertz CT molecular complexity index is 655. The number of anilines is 1. The van der Waals surface area contributed by atoms with Crippen LogP contribution in [0.15, 0.2) is 18.2 Å². The molecule has 0 unspecified atom stereocenters. The van der Waals surface area contributed by atoms with Crippen LogP contribution >= 0.6 is 0 Å². The van der Waals surface area contributed by atoms with Crippen LogP contribution in [0, 0.1) is 0 Å². The lowest BCUT2D eigenvalue weighted by Crippen LogP contribution is -2.43. The van der Waals surface area contributed by atoms with Crippen LogP contribution in [-0.2, 0) is 16.0 Å². The molecule has 1 aromatic carbocycles. The quantitative estimate of drug-likeness (QED) is 0.782. The van der Waals surface area contributed by atoms with E-state index in [9.17, 15) is 9.59 Å². The van der Waals surface area contributed by atoms with E-state index in [4.69, 9.17) is 0 Å². The highest BCUT2D eigenvalue weighted by atomic mass is 16.2. The second-order valence-corrected chi connectivity index (χ2v) is 7.24. The van der Waals surface area contributed by atoms with Crippen LogP contribution in [0.1, 0.15) is 43.4 Å². The Morgan fingerprint density at radius 3 is 2.54 bits per heavy atom. The van der Waals surface area contributed by atoms with E-state index in [2.05, 4.69) is 45.7 Å². The Balaban J connectivity index is 1.76. The lowest BCUT2D eigenvalue weighted by molar-refractivity contribution is -0.139. The van der Waals surface area contributed by atoms with E-state index in [0.29, 0.717) is 13.1 Å². The fraction of sp³-hybridized carbons (Fsp3) is 0.600. The minimum Gasteiger partial charge on any atom is -0.374 e. The van der Waals surface area contributed by atoms with E-state index in [1.165, 1.54) is 36.1 Å². The molecule has 1 saturated heterocycles. The topological polar surface area (TPSA) is 64.7 Å². The third-order valence-electron chi connectivity index (χ3n) is 5.42. The number of carbonyl (C=O) groups is 2. The molecule has 142 valence electrons. The van der Waals surface area contributed by atoms with Gasteiger partial charge in [0.05, 0.1) is 6.04 Å². The maximum Gasteiger partial charge on any atom is 0.309 e. The van der Waals surface area contributed by atoms with Gasteiger partial charge >= 0.3 is 11.8 Å². The number of nitrogens with zero attached hydrogens (tertiary/aromatic N) is 2. The highest BCUT2D eigenvalue weighted by Gasteiger charge is 2.26. The van der Waals surface area contributed by atoms with Crippen molar-refractivity contribution in [2.45, 2.75) is 38.6 Å². The smallest absolute Gasteiger partial charge is 0.309 e. The normalized spacial score (nSPS) is 18.3. The fourth-order valence-electron chi connectivity index (χ4n) is 4.03. The Labute approximate surface area is 155 Å². The average Bonchev–Trinajstić information content (AvgIpc) is 3.16. The largest absolute Gasteiger partial charge is 0.374 e. The summed E-state index contributed by atoms with van der Waals surface area (Å²) in [4.78, 5) is 28.4. The zero-order valence-corrected chi connectivity index (χ0v) is 15.9. The van der Waals surface area contributed by atoms with Crippen LogP contribution in [0.5, 0.6) is 0 Å². The van der Waals surface area contributed by atoms with E-state index < -0.39 is 11.8 Å². The molecule has 0 aromatic heterocycles. The molecule has 0 radical (unpaired) electrons. The number of carbonyl (C=O) groups excluding carboxylic acids is 2. The maximum atomic E-state index is 12.0. The Kier molecular flexibility index (Phi) is 6.14. The first kappa shape index (κ1) is 18.7. The van der Waals surface area contributed by atoms with Gasteiger partial charge in [-0.15, -0.1) is 0 Å². The van der Waals surface area contributed by atoms with Gasteiger partial charge in [-0.3, -0.25) is 14.5 Å². The van der Waals surface area contributed by atoms with Crippen molar-refractivity contribution in [3.05, 3.63) is 29.3 Å². The summed E-state index contributed by atoms with van der Waals surface area (Å²) in [6.07, 6.45) is 4.66. The van der Waals surface area contributed by atoms with Gasteiger partial charge in [0.15, 0.2) is 0 Å². The Hall–Kier alpha value is -2.08. The lowest BCUT2D eigenvalue weighted by atomic mass is 9.96. The number of hydrogen-bond acceptors (Lipinski definition) is 4. The minimum atomic E-state index is -0.556. The van der Waals surface area contributed by atoms with Crippen LogP contribution in [-0.4, -0.2) is 56.5 Å². The summed E-state index contributed by atoms with van der Waals surface area (Å²) in [7, 11) is 2.14. The van der Waals surface area contributed by atoms with Crippen molar-refractivity contribution >= 4 is 17.5 Å². The number of nitrogens with one attached hydrogen (secondary N) is 2. The molecular weight excluding hydrogens is 328 g/mol. The Morgan fingerprint density at radius 1 is 1.08 bits per heavy atom. The molecule has 26 heavy (non-hydrogen) atoms. The van der Waals surface area contributed by atoms with Crippen LogP contribution < -0.4 is 15.5 Å². The monoisotopic (exact) mass is 358 g/mol. The molecular formula is C20H30N4O2. The maximum absolute atomic E-state index is 12.0. The fourth-order valence-corrected chi connectivity index (χ4v) is 4.03. The first-order valence-electron chi connectivity index (χ1n) is 9.74. The number of likely N-dealkylation sites (N-methyl/N-ethyl adjacent to an activating group) is 1. The first-order valence-corrected chi connectivity index (χ1v) is 9.74. The van der Waals surface area contributed by atoms with E-state index in [-0.39, 0.29) is 6.04 Å². The van der Waals surface area contributed by atoms with E-state index in [0.717, 1.165) is 26.1 Å². The van der Waals surface area contributed by atoms with Crippen LogP contribution in [0.25, 0.3) is 0 Å². The SMILES string of the molecule is CCNC(=O)C(=O)NC[C@H](c1ccc2c(c1)CCCN2C)N1CCCC1. The van der Waals surface area contributed by atoms with Crippen molar-refractivity contribution in [3.8, 4) is 0 Å². The third kappa shape index (κ3) is 4.18. The molecule has 0 bridgehead atoms. The van der Waals surface area contributed by atoms with Gasteiger partial charge in [0, 0.05) is 32.4 Å². The molecule has 2 aliphatic heterocycles. The average molecular weight is 358 g/mol. The molecule has 1 fully saturated rings. The van der Waals surface area contributed by atoms with Crippen molar-refractivity contribution in [1.82, 2.24) is 15.5 Å². The summed E-state index contributed by atoms with van der Waals surface area (Å²) in [6.45, 7) is 5.91. The molecule has 1 aromatic rings. The zero-order valence-electron chi connectivity index (χ0n) is 15.9. The van der Waals surface area contributed by atoms with Gasteiger partial charge in [-0.05, 0) is 62.9 Å². The van der Waals surface area contributed by atoms with Gasteiger partial charge in [0.2, 0.25) is 0 Å². The number of fused-ring (bicyclic) bond motifs is 1. The van der Waals surface area contributed by atoms with Crippen molar-refractivity contribution in [3.63, 3.8) is 0 Å². The molecule has 6 heteroatoms. The lowest BCUT2D eigenvalue weighted by Gasteiger charge is -2.31. The van der Waals surface area contributed by atoms with Crippen LogP contribution in [0.2, 0.25) is 0 Å². The summed E-state index contributed by atoms with van der Waals surface area (Å²) >= 11 is 0. The summed E-state index contributed by atoms with van der Waals surface area (Å²) in [5.74, 6) is -1.10. The predicted molar refractivity (Wildman–Crippen MR) is 103 cm³/mol. The third-order valence-corrected chi connectivity index (χ3v) is 5.42. The second kappa shape index (κ2) is 8.54. The van der Waals surface area contributed by atoms with Gasteiger partial charge in [-0.2, -0.15) is 0 Å². The van der Waals surface area contributed by atoms with Crippen molar-refractivity contribution < 1.29 is 9.59 Å². The summed E-state index contributed by atoms with van der Waals surface area (Å²) in [5.41, 5.74) is 3.93. The van der Waals surface area contributed by atoms with Gasteiger partial charge in [-0.25, -0.2) is 0 Å². The van der Waals surface area contributed by atoms with E-state index in [1.54, 1.807) is 0 Å². The van der Waals surface area contributed by atoms with Crippen molar-refractivity contribution in [2.24, 2.45) is 0 Å².